The third-order valence-electron chi connectivity index (χ3n) is 4.39. The molecule has 31 heavy (non-hydrogen) atoms. The van der Waals surface area contributed by atoms with Crippen molar-refractivity contribution in [1.29, 1.82) is 0 Å². The Balaban J connectivity index is 2.72. The standard InChI is InChI=1S/C25H25FN2O3/c1-27(2)23(29)16-14-21(18-8-6-5-7-9-18)22(15-17-24(30)28(3)4)25(31)19-10-12-20(26)13-11-19/h5-17H,1-4H3/b16-14+,17-15+,22-21+. The number of amides is 2. The molecule has 0 aliphatic carbocycles. The van der Waals surface area contributed by atoms with Crippen LogP contribution in [0.4, 0.5) is 4.39 Å². The second-order valence-corrected chi connectivity index (χ2v) is 7.16. The minimum Gasteiger partial charge on any atom is -0.345 e. The smallest absolute Gasteiger partial charge is 0.246 e. The highest BCUT2D eigenvalue weighted by molar-refractivity contribution is 6.17. The van der Waals surface area contributed by atoms with Crippen LogP contribution in [0.5, 0.6) is 0 Å². The van der Waals surface area contributed by atoms with Crippen molar-refractivity contribution in [3.63, 3.8) is 0 Å². The number of hydrogen-bond acceptors (Lipinski definition) is 3. The SMILES string of the molecule is CN(C)C(=O)/C=C/C(C(=O)c1ccc(F)cc1)=C(/C=C/C(=O)N(C)C)c1ccccc1. The van der Waals surface area contributed by atoms with Crippen LogP contribution in [0.3, 0.4) is 0 Å². The minimum atomic E-state index is -0.458. The highest BCUT2D eigenvalue weighted by Gasteiger charge is 2.16. The highest BCUT2D eigenvalue weighted by Crippen LogP contribution is 2.25. The lowest BCUT2D eigenvalue weighted by Crippen LogP contribution is -2.19. The van der Waals surface area contributed by atoms with E-state index < -0.39 is 11.6 Å². The number of hydrogen-bond donors (Lipinski definition) is 0. The predicted octanol–water partition coefficient (Wildman–Crippen LogP) is 3.75. The second kappa shape index (κ2) is 10.8. The molecule has 2 amide bonds. The monoisotopic (exact) mass is 420 g/mol. The summed E-state index contributed by atoms with van der Waals surface area (Å²) in [6.45, 7) is 0. The van der Waals surface area contributed by atoms with Crippen LogP contribution in [-0.2, 0) is 9.59 Å². The van der Waals surface area contributed by atoms with E-state index in [-0.39, 0.29) is 23.0 Å². The molecule has 0 bridgehead atoms. The fourth-order valence-electron chi connectivity index (χ4n) is 2.61. The maximum Gasteiger partial charge on any atom is 0.246 e. The number of benzene rings is 2. The maximum absolute atomic E-state index is 13.4. The molecular weight excluding hydrogens is 395 g/mol. The molecule has 0 unspecified atom stereocenters. The summed E-state index contributed by atoms with van der Waals surface area (Å²) in [5.41, 5.74) is 1.63. The molecule has 0 aliphatic heterocycles. The highest BCUT2D eigenvalue weighted by atomic mass is 19.1. The molecule has 2 rings (SSSR count). The van der Waals surface area contributed by atoms with E-state index in [1.54, 1.807) is 46.4 Å². The number of Topliss-reactive ketones (excluding diaryl/α,β-unsaturated/α-hetero) is 1. The van der Waals surface area contributed by atoms with Gasteiger partial charge in [0.2, 0.25) is 11.8 Å². The molecule has 5 nitrogen and oxygen atoms in total. The lowest BCUT2D eigenvalue weighted by atomic mass is 9.93. The Hall–Kier alpha value is -3.80. The molecule has 0 heterocycles. The molecule has 0 saturated carbocycles. The number of carbonyl (C=O) groups is 3. The number of allylic oxidation sites excluding steroid dienone is 4. The fourth-order valence-corrected chi connectivity index (χ4v) is 2.61. The van der Waals surface area contributed by atoms with Gasteiger partial charge in [-0.25, -0.2) is 4.39 Å². The third-order valence-corrected chi connectivity index (χ3v) is 4.39. The molecule has 0 aromatic heterocycles. The summed E-state index contributed by atoms with van der Waals surface area (Å²) < 4.78 is 13.4. The summed E-state index contributed by atoms with van der Waals surface area (Å²) in [5, 5.41) is 0. The molecule has 6 heteroatoms. The van der Waals surface area contributed by atoms with Gasteiger partial charge in [-0.05, 0) is 47.6 Å². The van der Waals surface area contributed by atoms with Crippen molar-refractivity contribution in [3.05, 3.63) is 101 Å². The van der Waals surface area contributed by atoms with Gasteiger partial charge in [0.1, 0.15) is 5.82 Å². The van der Waals surface area contributed by atoms with E-state index in [2.05, 4.69) is 0 Å². The molecule has 2 aromatic rings. The van der Waals surface area contributed by atoms with E-state index >= 15 is 0 Å². The summed E-state index contributed by atoms with van der Waals surface area (Å²) in [5.74, 6) is -1.41. The van der Waals surface area contributed by atoms with Gasteiger partial charge >= 0.3 is 0 Å². The Morgan fingerprint density at radius 2 is 1.19 bits per heavy atom. The first-order valence-corrected chi connectivity index (χ1v) is 9.59. The summed E-state index contributed by atoms with van der Waals surface area (Å²) in [6, 6.07) is 14.2. The van der Waals surface area contributed by atoms with Gasteiger partial charge in [0.05, 0.1) is 0 Å². The molecule has 0 spiro atoms. The zero-order valence-corrected chi connectivity index (χ0v) is 18.0. The predicted molar refractivity (Wildman–Crippen MR) is 120 cm³/mol. The Morgan fingerprint density at radius 1 is 0.677 bits per heavy atom. The lowest BCUT2D eigenvalue weighted by molar-refractivity contribution is -0.124. The van der Waals surface area contributed by atoms with Gasteiger partial charge in [0.25, 0.3) is 0 Å². The van der Waals surface area contributed by atoms with Gasteiger partial charge in [-0.2, -0.15) is 0 Å². The first-order chi connectivity index (χ1) is 14.7. The minimum absolute atomic E-state index is 0.204. The van der Waals surface area contributed by atoms with E-state index in [9.17, 15) is 18.8 Å². The van der Waals surface area contributed by atoms with Gasteiger partial charge in [-0.1, -0.05) is 30.3 Å². The van der Waals surface area contributed by atoms with Crippen molar-refractivity contribution in [2.24, 2.45) is 0 Å². The fraction of sp³-hybridized carbons (Fsp3) is 0.160. The lowest BCUT2D eigenvalue weighted by Gasteiger charge is -2.12. The van der Waals surface area contributed by atoms with Gasteiger partial charge in [-0.3, -0.25) is 14.4 Å². The average molecular weight is 420 g/mol. The Morgan fingerprint density at radius 3 is 1.71 bits per heavy atom. The summed E-state index contributed by atoms with van der Waals surface area (Å²) in [7, 11) is 6.45. The third kappa shape index (κ3) is 6.60. The van der Waals surface area contributed by atoms with Gasteiger partial charge in [-0.15, -0.1) is 0 Å². The number of rotatable bonds is 7. The molecule has 0 atom stereocenters. The molecule has 2 aromatic carbocycles. The van der Waals surface area contributed by atoms with Crippen LogP contribution in [0.1, 0.15) is 15.9 Å². The van der Waals surface area contributed by atoms with Crippen LogP contribution in [0.25, 0.3) is 5.57 Å². The zero-order valence-electron chi connectivity index (χ0n) is 18.0. The van der Waals surface area contributed by atoms with Crippen LogP contribution in [-0.4, -0.2) is 55.6 Å². The van der Waals surface area contributed by atoms with Gasteiger partial charge in [0.15, 0.2) is 5.78 Å². The molecule has 0 fully saturated rings. The van der Waals surface area contributed by atoms with Crippen molar-refractivity contribution in [3.8, 4) is 0 Å². The van der Waals surface area contributed by atoms with Gasteiger partial charge < -0.3 is 9.80 Å². The summed E-state index contributed by atoms with van der Waals surface area (Å²) in [4.78, 5) is 40.4. The average Bonchev–Trinajstić information content (AvgIpc) is 2.76. The number of halogens is 1. The van der Waals surface area contributed by atoms with Crippen molar-refractivity contribution in [2.45, 2.75) is 0 Å². The summed E-state index contributed by atoms with van der Waals surface area (Å²) in [6.07, 6.45) is 5.64. The normalized spacial score (nSPS) is 12.0. The number of likely N-dealkylation sites (N-methyl/N-ethyl adjacent to an activating group) is 2. The number of nitrogens with zero attached hydrogens (tertiary/aromatic N) is 2. The van der Waals surface area contributed by atoms with Crippen molar-refractivity contribution >= 4 is 23.2 Å². The topological polar surface area (TPSA) is 57.7 Å². The van der Waals surface area contributed by atoms with Crippen molar-refractivity contribution in [1.82, 2.24) is 9.80 Å². The zero-order chi connectivity index (χ0) is 23.0. The van der Waals surface area contributed by atoms with Crippen LogP contribution in [0.2, 0.25) is 0 Å². The van der Waals surface area contributed by atoms with Crippen molar-refractivity contribution < 1.29 is 18.8 Å². The number of carbonyl (C=O) groups excluding carboxylic acids is 3. The largest absolute Gasteiger partial charge is 0.345 e. The Bertz CT molecular complexity index is 1030. The molecule has 0 radical (unpaired) electrons. The van der Waals surface area contributed by atoms with E-state index in [0.29, 0.717) is 11.1 Å². The first kappa shape index (κ1) is 23.5. The van der Waals surface area contributed by atoms with Crippen LogP contribution in [0, 0.1) is 5.82 Å². The van der Waals surface area contributed by atoms with E-state index in [4.69, 9.17) is 0 Å². The van der Waals surface area contributed by atoms with Crippen molar-refractivity contribution in [2.75, 3.05) is 28.2 Å². The molecule has 0 N–H and O–H groups in total. The Labute approximate surface area is 181 Å². The molecule has 160 valence electrons. The van der Waals surface area contributed by atoms with E-state index in [1.807, 2.05) is 18.2 Å². The Kier molecular flexibility index (Phi) is 8.20. The number of ketones is 1. The quantitative estimate of drug-likeness (QED) is 0.389. The van der Waals surface area contributed by atoms with E-state index in [0.717, 1.165) is 0 Å². The molecule has 0 aliphatic rings. The first-order valence-electron chi connectivity index (χ1n) is 9.59. The molecular formula is C25H25FN2O3. The van der Waals surface area contributed by atoms with Crippen LogP contribution >= 0.6 is 0 Å². The van der Waals surface area contributed by atoms with Crippen LogP contribution < -0.4 is 0 Å². The summed E-state index contributed by atoms with van der Waals surface area (Å²) >= 11 is 0. The second-order valence-electron chi connectivity index (χ2n) is 7.16. The molecule has 0 saturated heterocycles. The van der Waals surface area contributed by atoms with E-state index in [1.165, 1.54) is 52.3 Å². The van der Waals surface area contributed by atoms with Gasteiger partial charge in [0, 0.05) is 51.5 Å². The van der Waals surface area contributed by atoms with Crippen LogP contribution in [0.15, 0.2) is 84.5 Å². The maximum atomic E-state index is 13.4.